The van der Waals surface area contributed by atoms with Crippen molar-refractivity contribution >= 4 is 34.7 Å². The van der Waals surface area contributed by atoms with E-state index in [1.165, 1.54) is 14.2 Å². The Labute approximate surface area is 476 Å². The van der Waals surface area contributed by atoms with Gasteiger partial charge in [-0.3, -0.25) is 0 Å². The Morgan fingerprint density at radius 3 is 1.21 bits per heavy atom. The van der Waals surface area contributed by atoms with Gasteiger partial charge < -0.3 is 38.6 Å². The summed E-state index contributed by atoms with van der Waals surface area (Å²) in [6.45, 7) is 9.30. The highest BCUT2D eigenvalue weighted by molar-refractivity contribution is 6.04. The number of hydrogen-bond donors (Lipinski definition) is 2. The smallest absolute Gasteiger partial charge is 0.337 e. The van der Waals surface area contributed by atoms with E-state index in [2.05, 4.69) is 49.0 Å². The molecule has 2 spiro atoms. The molecule has 6 aliphatic rings. The zero-order valence-electron chi connectivity index (χ0n) is 46.6. The van der Waals surface area contributed by atoms with Gasteiger partial charge in [-0.2, -0.15) is 30.2 Å². The van der Waals surface area contributed by atoms with Crippen molar-refractivity contribution in [1.82, 2.24) is 0 Å². The monoisotopic (exact) mass is 1100 g/mol. The highest BCUT2D eigenvalue weighted by atomic mass is 16.8. The number of methoxy groups -OCH3 is 2. The summed E-state index contributed by atoms with van der Waals surface area (Å²) in [6.07, 6.45) is 10.9. The Kier molecular flexibility index (Phi) is 15.0. The van der Waals surface area contributed by atoms with Crippen LogP contribution >= 0.6 is 0 Å². The van der Waals surface area contributed by atoms with E-state index in [1.807, 2.05) is 97.1 Å². The molecule has 0 aromatic heterocycles. The lowest BCUT2D eigenvalue weighted by atomic mass is 9.70. The fourth-order valence-corrected chi connectivity index (χ4v) is 12.7. The summed E-state index contributed by atoms with van der Waals surface area (Å²) in [4.78, 5) is 24.4. The zero-order valence-corrected chi connectivity index (χ0v) is 46.6. The molecule has 4 aromatic rings. The Morgan fingerprint density at radius 2 is 0.878 bits per heavy atom. The largest absolute Gasteiger partial charge is 0.480 e. The number of nitrogens with zero attached hydrogens (tertiary/aromatic N) is 6. The van der Waals surface area contributed by atoms with E-state index in [-0.39, 0.29) is 45.6 Å². The molecule has 82 heavy (non-hydrogen) atoms. The number of para-hydroxylation sites is 2. The second-order valence-electron chi connectivity index (χ2n) is 22.5. The molecule has 4 aliphatic heterocycles. The highest BCUT2D eigenvalue weighted by Gasteiger charge is 2.52. The number of carbonyl (C=O) groups is 2. The lowest BCUT2D eigenvalue weighted by molar-refractivity contribution is -0.455. The number of aliphatic hydroxyl groups excluding tert-OH is 2. The van der Waals surface area contributed by atoms with Gasteiger partial charge in [-0.1, -0.05) is 60.7 Å². The van der Waals surface area contributed by atoms with Crippen LogP contribution in [0.25, 0.3) is 0 Å². The van der Waals surface area contributed by atoms with E-state index >= 15 is 0 Å². The van der Waals surface area contributed by atoms with Crippen LogP contribution < -0.4 is 0 Å². The summed E-state index contributed by atoms with van der Waals surface area (Å²) >= 11 is 0. The first-order valence-electron chi connectivity index (χ1n) is 27.3. The van der Waals surface area contributed by atoms with Crippen LogP contribution in [0.1, 0.15) is 122 Å². The molecule has 4 heterocycles. The predicted molar refractivity (Wildman–Crippen MR) is 300 cm³/mol. The van der Waals surface area contributed by atoms with Crippen molar-refractivity contribution in [2.45, 2.75) is 115 Å². The highest BCUT2D eigenvalue weighted by Crippen LogP contribution is 2.52. The predicted octanol–water partition coefficient (Wildman–Crippen LogP) is 12.2. The first-order chi connectivity index (χ1) is 39.4. The van der Waals surface area contributed by atoms with Crippen LogP contribution in [0.5, 0.6) is 0 Å². The van der Waals surface area contributed by atoms with Gasteiger partial charge in [-0.15, -0.1) is 0 Å². The standard InChI is InChI=1S/C66H60N6O10/c1-63(2)51-11-7-9-13-53(51)71(39-41-15-19-45(20-16-41)59(73)77-5)55(63)25-23-49-57(47(35-67)36-68)79-65(81-61(49)75)31-27-43(28-32-65)44-29-33-66(34-30-44)80-58(48(37-69)38-70)50(62(76)82-66)24-26-56-64(3,4)52-12-8-10-14-54(52)72(56)40-42-17-21-46(22-18-42)60(74)78-6/h7-26,43-44H,27-34,39-40H2,1-6H3/p+2. The zero-order chi connectivity index (χ0) is 58.1. The lowest BCUT2D eigenvalue weighted by Crippen LogP contribution is -2.46. The van der Waals surface area contributed by atoms with E-state index in [9.17, 15) is 40.8 Å². The molecule has 4 aromatic carbocycles. The lowest BCUT2D eigenvalue weighted by Gasteiger charge is -2.47. The molecule has 2 fully saturated rings. The van der Waals surface area contributed by atoms with E-state index in [0.717, 1.165) is 45.1 Å². The Balaban J connectivity index is 0.854. The quantitative estimate of drug-likeness (QED) is 0.0808. The number of aliphatic hydroxyl groups is 2. The van der Waals surface area contributed by atoms with Crippen LogP contribution in [0.3, 0.4) is 0 Å². The number of esters is 2. The van der Waals surface area contributed by atoms with Gasteiger partial charge >= 0.3 is 11.9 Å². The maximum absolute atomic E-state index is 12.2. The number of ether oxygens (including phenoxy) is 6. The Bertz CT molecular complexity index is 3460. The van der Waals surface area contributed by atoms with Crippen LogP contribution in [0.4, 0.5) is 11.4 Å². The van der Waals surface area contributed by atoms with Crippen LogP contribution in [0.2, 0.25) is 0 Å². The molecule has 2 saturated carbocycles. The van der Waals surface area contributed by atoms with Crippen LogP contribution in [0.15, 0.2) is 167 Å². The molecule has 2 N–H and O–H groups in total. The number of nitriles is 4. The van der Waals surface area contributed by atoms with Crippen LogP contribution in [0, 0.1) is 57.2 Å². The molecule has 16 nitrogen and oxygen atoms in total. The molecule has 0 radical (unpaired) electrons. The van der Waals surface area contributed by atoms with Crippen molar-refractivity contribution in [3.63, 3.8) is 0 Å². The number of benzene rings is 4. The third-order valence-corrected chi connectivity index (χ3v) is 17.1. The average Bonchev–Trinajstić information content (AvgIpc) is 2.95. The Hall–Kier alpha value is -9.64. The summed E-state index contributed by atoms with van der Waals surface area (Å²) in [5.74, 6) is -4.21. The van der Waals surface area contributed by atoms with Crippen molar-refractivity contribution in [3.8, 4) is 24.3 Å². The normalized spacial score (nSPS) is 23.2. The molecular weight excluding hydrogens is 1040 g/mol. The van der Waals surface area contributed by atoms with Crippen LogP contribution in [-0.2, 0) is 52.3 Å². The minimum atomic E-state index is -1.34. The maximum atomic E-state index is 12.2. The summed E-state index contributed by atoms with van der Waals surface area (Å²) in [5.41, 5.74) is 7.07. The Morgan fingerprint density at radius 1 is 0.537 bits per heavy atom. The van der Waals surface area contributed by atoms with E-state index < -0.39 is 46.2 Å². The minimum Gasteiger partial charge on any atom is -0.480 e. The third kappa shape index (κ3) is 10.2. The van der Waals surface area contributed by atoms with Crippen molar-refractivity contribution in [1.29, 1.82) is 21.0 Å². The first kappa shape index (κ1) is 55.7. The molecule has 0 amide bonds. The molecular formula is C66H62N6O10+2. The molecule has 0 unspecified atom stereocenters. The van der Waals surface area contributed by atoms with Gasteiger partial charge in [0.2, 0.25) is 11.4 Å². The second kappa shape index (κ2) is 22.1. The number of rotatable bonds is 11. The number of carbonyl (C=O) groups excluding carboxylic acids is 2. The van der Waals surface area contributed by atoms with Gasteiger partial charge in [0.15, 0.2) is 47.2 Å². The second-order valence-corrected chi connectivity index (χ2v) is 22.5. The molecule has 0 bridgehead atoms. The fraction of sp³-hybridized carbons (Fsp3) is 0.333. The van der Waals surface area contributed by atoms with E-state index in [0.29, 0.717) is 75.6 Å². The molecule has 10 rings (SSSR count). The number of fused-ring (bicyclic) bond motifs is 2. The molecule has 0 saturated heterocycles. The summed E-state index contributed by atoms with van der Waals surface area (Å²) in [7, 11) is 2.68. The molecule has 2 aliphatic carbocycles. The van der Waals surface area contributed by atoms with Gasteiger partial charge in [0.1, 0.15) is 24.3 Å². The summed E-state index contributed by atoms with van der Waals surface area (Å²) in [5, 5.41) is 64.6. The van der Waals surface area contributed by atoms with Gasteiger partial charge in [0, 0.05) is 72.2 Å². The van der Waals surface area contributed by atoms with E-state index in [1.54, 1.807) is 36.4 Å². The maximum Gasteiger partial charge on any atom is 0.337 e. The van der Waals surface area contributed by atoms with Gasteiger partial charge in [0.25, 0.3) is 23.5 Å². The van der Waals surface area contributed by atoms with Crippen molar-refractivity contribution in [2.24, 2.45) is 11.8 Å². The van der Waals surface area contributed by atoms with Crippen molar-refractivity contribution in [3.05, 3.63) is 200 Å². The van der Waals surface area contributed by atoms with Gasteiger partial charge in [-0.05, 0) is 102 Å². The van der Waals surface area contributed by atoms with Gasteiger partial charge in [0.05, 0.1) is 47.3 Å². The number of allylic oxidation sites excluding steroid dienone is 6. The third-order valence-electron chi connectivity index (χ3n) is 17.1. The van der Waals surface area contributed by atoms with Crippen LogP contribution in [-0.4, -0.2) is 68.5 Å². The summed E-state index contributed by atoms with van der Waals surface area (Å²) in [6, 6.07) is 38.4. The van der Waals surface area contributed by atoms with E-state index in [4.69, 9.17) is 28.4 Å². The fourth-order valence-electron chi connectivity index (χ4n) is 12.7. The van der Waals surface area contributed by atoms with Crippen molar-refractivity contribution in [2.75, 3.05) is 14.2 Å². The average molecular weight is 1100 g/mol. The number of hydrogen-bond acceptors (Lipinski definition) is 14. The minimum absolute atomic E-state index is 0.0624. The topological polar surface area (TPSA) is 231 Å². The molecule has 0 atom stereocenters. The van der Waals surface area contributed by atoms with Gasteiger partial charge in [-0.25, -0.2) is 9.59 Å². The SMILES string of the molecule is COC(=O)c1ccc(C[N+]2=C(/C=C/C3=C(O)OC4(CCC(C5CCC6(CC5)OC(O)=C(/C=C/C5=[N+](Cc7ccc(C(=O)OC)cc7)c7ccccc7C5(C)C)C(=C(C#N)C#N)O6)CC4)OC3=C(C#N)C#N)C(C)(C)c3ccccc32)cc1. The molecule has 16 heteroatoms. The first-order valence-corrected chi connectivity index (χ1v) is 27.3. The van der Waals surface area contributed by atoms with Crippen molar-refractivity contribution < 1.29 is 57.4 Å². The summed E-state index contributed by atoms with van der Waals surface area (Å²) < 4.78 is 39.9. The molecule has 414 valence electrons.